The van der Waals surface area contributed by atoms with Crippen LogP contribution in [-0.2, 0) is 12.8 Å². The number of hydrogen-bond donors (Lipinski definition) is 1. The van der Waals surface area contributed by atoms with Crippen LogP contribution in [0.1, 0.15) is 95.6 Å². The van der Waals surface area contributed by atoms with Gasteiger partial charge in [0.15, 0.2) is 0 Å². The van der Waals surface area contributed by atoms with E-state index in [1.807, 2.05) is 12.1 Å². The monoisotopic (exact) mass is 328 g/mol. The Morgan fingerprint density at radius 1 is 0.750 bits per heavy atom. The molecule has 0 bridgehead atoms. The molecule has 2 aliphatic rings. The molecule has 0 aliphatic heterocycles. The number of benzene rings is 1. The molecule has 0 unspecified atom stereocenters. The van der Waals surface area contributed by atoms with E-state index in [4.69, 9.17) is 0 Å². The van der Waals surface area contributed by atoms with Gasteiger partial charge in [0.05, 0.1) is 0 Å². The predicted molar refractivity (Wildman–Crippen MR) is 103 cm³/mol. The van der Waals surface area contributed by atoms with Crippen LogP contribution in [0.4, 0.5) is 0 Å². The van der Waals surface area contributed by atoms with E-state index >= 15 is 0 Å². The Morgan fingerprint density at radius 3 is 1.92 bits per heavy atom. The quantitative estimate of drug-likeness (QED) is 0.442. The summed E-state index contributed by atoms with van der Waals surface area (Å²) in [4.78, 5) is 0. The molecule has 2 fully saturated rings. The fraction of sp³-hybridized carbons (Fsp3) is 0.739. The average Bonchev–Trinajstić information content (AvgIpc) is 3.46. The second-order valence-electron chi connectivity index (χ2n) is 9.34. The largest absolute Gasteiger partial charge is 0.508 e. The smallest absolute Gasteiger partial charge is 0.115 e. The van der Waals surface area contributed by atoms with E-state index in [1.54, 1.807) is 0 Å². The Kier molecular flexibility index (Phi) is 5.57. The number of hydrogen-bond acceptors (Lipinski definition) is 1. The molecule has 0 saturated heterocycles. The molecule has 3 rings (SSSR count). The van der Waals surface area contributed by atoms with Crippen LogP contribution in [0.5, 0.6) is 5.75 Å². The topological polar surface area (TPSA) is 20.2 Å². The lowest BCUT2D eigenvalue weighted by Crippen LogP contribution is -1.98. The van der Waals surface area contributed by atoms with Crippen LogP contribution < -0.4 is 0 Å². The Balaban J connectivity index is 1.39. The first-order valence-corrected chi connectivity index (χ1v) is 10.3. The molecule has 0 radical (unpaired) electrons. The molecule has 0 spiro atoms. The van der Waals surface area contributed by atoms with Gasteiger partial charge in [-0.3, -0.25) is 0 Å². The molecule has 2 saturated carbocycles. The predicted octanol–water partition coefficient (Wildman–Crippen LogP) is 6.81. The summed E-state index contributed by atoms with van der Waals surface area (Å²) in [6.45, 7) is 4.86. The van der Waals surface area contributed by atoms with Gasteiger partial charge in [-0.25, -0.2) is 0 Å². The third kappa shape index (κ3) is 5.53. The lowest BCUT2D eigenvalue weighted by Gasteiger charge is -2.12. The van der Waals surface area contributed by atoms with E-state index in [0.29, 0.717) is 16.6 Å². The van der Waals surface area contributed by atoms with Crippen molar-refractivity contribution in [3.8, 4) is 5.75 Å². The van der Waals surface area contributed by atoms with Gasteiger partial charge in [-0.1, -0.05) is 39.2 Å². The third-order valence-electron chi connectivity index (χ3n) is 6.60. The molecule has 0 amide bonds. The number of phenolic OH excluding ortho intramolecular Hbond substituents is 1. The molecule has 1 aromatic rings. The first-order chi connectivity index (χ1) is 11.5. The van der Waals surface area contributed by atoms with Crippen molar-refractivity contribution in [2.24, 2.45) is 10.8 Å². The van der Waals surface area contributed by atoms with E-state index in [-0.39, 0.29) is 0 Å². The zero-order chi connectivity index (χ0) is 17.0. The molecule has 1 nitrogen and oxygen atoms in total. The molecule has 0 aromatic heterocycles. The van der Waals surface area contributed by atoms with Gasteiger partial charge in [-0.05, 0) is 98.3 Å². The number of rotatable bonds is 11. The standard InChI is InChI=1S/C23H36O/c1-22(14-15-22)12-6-3-4-9-20-18-21(24)11-10-19(20)8-5-7-13-23(2)16-17-23/h10-11,18,24H,3-9,12-17H2,1-2H3. The average molecular weight is 329 g/mol. The highest BCUT2D eigenvalue weighted by molar-refractivity contribution is 5.35. The van der Waals surface area contributed by atoms with Crippen LogP contribution in [-0.4, -0.2) is 5.11 Å². The second-order valence-corrected chi connectivity index (χ2v) is 9.34. The van der Waals surface area contributed by atoms with E-state index in [1.165, 1.54) is 88.2 Å². The van der Waals surface area contributed by atoms with Crippen LogP contribution in [0, 0.1) is 10.8 Å². The van der Waals surface area contributed by atoms with Gasteiger partial charge in [0, 0.05) is 0 Å². The van der Waals surface area contributed by atoms with Gasteiger partial charge >= 0.3 is 0 Å². The van der Waals surface area contributed by atoms with Crippen LogP contribution in [0.2, 0.25) is 0 Å². The molecule has 0 heterocycles. The van der Waals surface area contributed by atoms with Crippen molar-refractivity contribution in [1.82, 2.24) is 0 Å². The van der Waals surface area contributed by atoms with Crippen molar-refractivity contribution in [2.45, 2.75) is 97.3 Å². The summed E-state index contributed by atoms with van der Waals surface area (Å²) in [5.41, 5.74) is 4.26. The SMILES string of the molecule is CC1(CCCCCc2cc(O)ccc2CCCCC2(C)CC2)CC1. The highest BCUT2D eigenvalue weighted by Crippen LogP contribution is 2.49. The summed E-state index contributed by atoms with van der Waals surface area (Å²) in [5.74, 6) is 0.435. The summed E-state index contributed by atoms with van der Waals surface area (Å²) < 4.78 is 0. The first kappa shape index (κ1) is 17.8. The Labute approximate surface area is 148 Å². The van der Waals surface area contributed by atoms with Gasteiger partial charge in [-0.2, -0.15) is 0 Å². The van der Waals surface area contributed by atoms with Crippen molar-refractivity contribution >= 4 is 0 Å². The number of phenols is 1. The maximum atomic E-state index is 9.84. The molecular weight excluding hydrogens is 292 g/mol. The molecule has 2 aliphatic carbocycles. The van der Waals surface area contributed by atoms with Crippen LogP contribution in [0.15, 0.2) is 18.2 Å². The second kappa shape index (κ2) is 7.50. The number of unbranched alkanes of at least 4 members (excludes halogenated alkanes) is 3. The third-order valence-corrected chi connectivity index (χ3v) is 6.60. The number of aromatic hydroxyl groups is 1. The molecule has 1 aromatic carbocycles. The summed E-state index contributed by atoms with van der Waals surface area (Å²) in [5, 5.41) is 9.84. The molecule has 1 heteroatoms. The number of aryl methyl sites for hydroxylation is 2. The zero-order valence-electron chi connectivity index (χ0n) is 15.9. The van der Waals surface area contributed by atoms with Gasteiger partial charge < -0.3 is 5.11 Å². The minimum Gasteiger partial charge on any atom is -0.508 e. The van der Waals surface area contributed by atoms with E-state index in [2.05, 4.69) is 19.9 Å². The van der Waals surface area contributed by atoms with E-state index in [9.17, 15) is 5.11 Å². The normalized spacial score (nSPS) is 20.1. The van der Waals surface area contributed by atoms with E-state index < -0.39 is 0 Å². The van der Waals surface area contributed by atoms with Crippen molar-refractivity contribution in [3.63, 3.8) is 0 Å². The molecule has 0 atom stereocenters. The summed E-state index contributed by atoms with van der Waals surface area (Å²) >= 11 is 0. The molecule has 24 heavy (non-hydrogen) atoms. The summed E-state index contributed by atoms with van der Waals surface area (Å²) in [7, 11) is 0. The van der Waals surface area contributed by atoms with Crippen LogP contribution in [0.3, 0.4) is 0 Å². The van der Waals surface area contributed by atoms with Crippen molar-refractivity contribution in [1.29, 1.82) is 0 Å². The molecule has 1 N–H and O–H groups in total. The fourth-order valence-corrected chi connectivity index (χ4v) is 3.93. The molecular formula is C23H36O. The van der Waals surface area contributed by atoms with Crippen molar-refractivity contribution < 1.29 is 5.11 Å². The Hall–Kier alpha value is -0.980. The fourth-order valence-electron chi connectivity index (χ4n) is 3.93. The lowest BCUT2D eigenvalue weighted by atomic mass is 9.94. The van der Waals surface area contributed by atoms with E-state index in [0.717, 1.165) is 6.42 Å². The van der Waals surface area contributed by atoms with Gasteiger partial charge in [-0.15, -0.1) is 0 Å². The summed E-state index contributed by atoms with van der Waals surface area (Å²) in [6, 6.07) is 6.05. The lowest BCUT2D eigenvalue weighted by molar-refractivity contribution is 0.469. The van der Waals surface area contributed by atoms with Gasteiger partial charge in [0.25, 0.3) is 0 Å². The van der Waals surface area contributed by atoms with Gasteiger partial charge in [0.1, 0.15) is 5.75 Å². The maximum Gasteiger partial charge on any atom is 0.115 e. The molecule has 134 valence electrons. The Bertz CT molecular complexity index is 537. The first-order valence-electron chi connectivity index (χ1n) is 10.3. The van der Waals surface area contributed by atoms with Crippen LogP contribution in [0.25, 0.3) is 0 Å². The van der Waals surface area contributed by atoms with Crippen molar-refractivity contribution in [2.75, 3.05) is 0 Å². The maximum absolute atomic E-state index is 9.84. The van der Waals surface area contributed by atoms with Gasteiger partial charge in [0.2, 0.25) is 0 Å². The van der Waals surface area contributed by atoms with Crippen molar-refractivity contribution in [3.05, 3.63) is 29.3 Å². The summed E-state index contributed by atoms with van der Waals surface area (Å²) in [6.07, 6.45) is 17.6. The highest BCUT2D eigenvalue weighted by Gasteiger charge is 2.36. The highest BCUT2D eigenvalue weighted by atomic mass is 16.3. The van der Waals surface area contributed by atoms with Crippen LogP contribution >= 0.6 is 0 Å². The minimum absolute atomic E-state index is 0.435. The minimum atomic E-state index is 0.435. The Morgan fingerprint density at radius 2 is 1.29 bits per heavy atom. The zero-order valence-corrected chi connectivity index (χ0v) is 15.9.